The van der Waals surface area contributed by atoms with Crippen molar-refractivity contribution in [2.75, 3.05) is 5.32 Å². The molecular weight excluding hydrogens is 292 g/mol. The maximum atomic E-state index is 12.2. The molecule has 0 aromatic carbocycles. The lowest BCUT2D eigenvalue weighted by atomic mass is 9.93. The van der Waals surface area contributed by atoms with Crippen LogP contribution in [-0.2, 0) is 6.54 Å². The maximum absolute atomic E-state index is 12.2. The van der Waals surface area contributed by atoms with Crippen molar-refractivity contribution in [3.8, 4) is 0 Å². The van der Waals surface area contributed by atoms with E-state index in [0.29, 0.717) is 24.1 Å². The number of pyridine rings is 1. The second-order valence-electron chi connectivity index (χ2n) is 6.80. The molecule has 0 saturated heterocycles. The standard InChI is InChI=1S/C17H24N4O2/c1-11(2)10-21-15(23)8-3-12-9-18-17(20-16(12)21)19-13-4-6-14(22)7-5-13/h3,8-9,11,13-14,22H,4-7,10H2,1-2H3,(H,18,19,20). The fourth-order valence-corrected chi connectivity index (χ4v) is 3.09. The third kappa shape index (κ3) is 3.69. The summed E-state index contributed by atoms with van der Waals surface area (Å²) in [6, 6.07) is 3.63. The molecular formula is C17H24N4O2. The van der Waals surface area contributed by atoms with Crippen molar-refractivity contribution in [1.29, 1.82) is 0 Å². The molecule has 1 aliphatic carbocycles. The van der Waals surface area contributed by atoms with E-state index in [9.17, 15) is 9.90 Å². The molecule has 0 spiro atoms. The largest absolute Gasteiger partial charge is 0.393 e. The van der Waals surface area contributed by atoms with Gasteiger partial charge in [-0.25, -0.2) is 4.98 Å². The van der Waals surface area contributed by atoms with Crippen LogP contribution in [0.3, 0.4) is 0 Å². The monoisotopic (exact) mass is 316 g/mol. The number of anilines is 1. The number of fused-ring (bicyclic) bond motifs is 1. The Balaban J connectivity index is 1.89. The van der Waals surface area contributed by atoms with Crippen molar-refractivity contribution in [1.82, 2.24) is 14.5 Å². The Hall–Kier alpha value is -1.95. The Kier molecular flexibility index (Phi) is 4.61. The number of hydrogen-bond donors (Lipinski definition) is 2. The quantitative estimate of drug-likeness (QED) is 0.903. The van der Waals surface area contributed by atoms with Gasteiger partial charge in [0.15, 0.2) is 0 Å². The molecule has 1 saturated carbocycles. The number of hydrogen-bond acceptors (Lipinski definition) is 5. The highest BCUT2D eigenvalue weighted by atomic mass is 16.3. The molecule has 6 nitrogen and oxygen atoms in total. The molecule has 0 bridgehead atoms. The average molecular weight is 316 g/mol. The minimum absolute atomic E-state index is 0.0309. The van der Waals surface area contributed by atoms with Crippen molar-refractivity contribution in [2.45, 2.75) is 58.2 Å². The Labute approximate surface area is 135 Å². The van der Waals surface area contributed by atoms with Crippen molar-refractivity contribution in [3.05, 3.63) is 28.7 Å². The van der Waals surface area contributed by atoms with Gasteiger partial charge in [0, 0.05) is 30.2 Å². The van der Waals surface area contributed by atoms with E-state index in [-0.39, 0.29) is 17.7 Å². The Morgan fingerprint density at radius 1 is 1.30 bits per heavy atom. The van der Waals surface area contributed by atoms with Crippen molar-refractivity contribution < 1.29 is 5.11 Å². The number of nitrogens with zero attached hydrogens (tertiary/aromatic N) is 3. The number of aliphatic hydroxyl groups is 1. The van der Waals surface area contributed by atoms with E-state index in [0.717, 1.165) is 31.1 Å². The van der Waals surface area contributed by atoms with Gasteiger partial charge in [0.05, 0.1) is 6.10 Å². The highest BCUT2D eigenvalue weighted by Gasteiger charge is 2.20. The van der Waals surface area contributed by atoms with Crippen molar-refractivity contribution in [3.63, 3.8) is 0 Å². The molecule has 0 amide bonds. The average Bonchev–Trinajstić information content (AvgIpc) is 2.52. The van der Waals surface area contributed by atoms with Crippen LogP contribution in [0, 0.1) is 5.92 Å². The van der Waals surface area contributed by atoms with Gasteiger partial charge in [0.2, 0.25) is 5.95 Å². The van der Waals surface area contributed by atoms with Gasteiger partial charge >= 0.3 is 0 Å². The van der Waals surface area contributed by atoms with Gasteiger partial charge < -0.3 is 10.4 Å². The second-order valence-corrected chi connectivity index (χ2v) is 6.80. The van der Waals surface area contributed by atoms with Gasteiger partial charge in [0.25, 0.3) is 5.56 Å². The lowest BCUT2D eigenvalue weighted by molar-refractivity contribution is 0.126. The van der Waals surface area contributed by atoms with E-state index in [1.165, 1.54) is 0 Å². The zero-order chi connectivity index (χ0) is 16.4. The van der Waals surface area contributed by atoms with E-state index in [4.69, 9.17) is 0 Å². The van der Waals surface area contributed by atoms with E-state index < -0.39 is 0 Å². The molecule has 124 valence electrons. The lowest BCUT2D eigenvalue weighted by Gasteiger charge is -2.26. The molecule has 3 rings (SSSR count). The van der Waals surface area contributed by atoms with E-state index in [1.807, 2.05) is 0 Å². The number of nitrogens with one attached hydrogen (secondary N) is 1. The van der Waals surface area contributed by atoms with Crippen molar-refractivity contribution >= 4 is 17.0 Å². The molecule has 6 heteroatoms. The summed E-state index contributed by atoms with van der Waals surface area (Å²) in [6.07, 6.45) is 5.03. The van der Waals surface area contributed by atoms with Gasteiger partial charge in [-0.1, -0.05) is 13.8 Å². The first kappa shape index (κ1) is 15.9. The van der Waals surface area contributed by atoms with Crippen LogP contribution < -0.4 is 10.9 Å². The lowest BCUT2D eigenvalue weighted by Crippen LogP contribution is -2.29. The van der Waals surface area contributed by atoms with Gasteiger partial charge in [-0.15, -0.1) is 0 Å². The fourth-order valence-electron chi connectivity index (χ4n) is 3.09. The maximum Gasteiger partial charge on any atom is 0.252 e. The highest BCUT2D eigenvalue weighted by Crippen LogP contribution is 2.21. The van der Waals surface area contributed by atoms with Crippen LogP contribution in [0.2, 0.25) is 0 Å². The van der Waals surface area contributed by atoms with E-state index in [2.05, 4.69) is 29.1 Å². The Bertz CT molecular complexity index is 733. The summed E-state index contributed by atoms with van der Waals surface area (Å²) >= 11 is 0. The van der Waals surface area contributed by atoms with Gasteiger partial charge in [-0.05, 0) is 37.7 Å². The fraction of sp³-hybridized carbons (Fsp3) is 0.588. The molecule has 2 aromatic rings. The minimum atomic E-state index is -0.179. The van der Waals surface area contributed by atoms with Crippen LogP contribution >= 0.6 is 0 Å². The summed E-state index contributed by atoms with van der Waals surface area (Å²) in [5, 5.41) is 13.8. The summed E-state index contributed by atoms with van der Waals surface area (Å²) < 4.78 is 1.72. The first-order valence-corrected chi connectivity index (χ1v) is 8.34. The molecule has 0 unspecified atom stereocenters. The SMILES string of the molecule is CC(C)Cn1c(=O)ccc2cnc(NC3CCC(O)CC3)nc21. The zero-order valence-corrected chi connectivity index (χ0v) is 13.7. The molecule has 2 N–H and O–H groups in total. The molecule has 0 aliphatic heterocycles. The minimum Gasteiger partial charge on any atom is -0.393 e. The van der Waals surface area contributed by atoms with Gasteiger partial charge in [-0.2, -0.15) is 4.98 Å². The van der Waals surface area contributed by atoms with Crippen LogP contribution in [0.25, 0.3) is 11.0 Å². The first-order chi connectivity index (χ1) is 11.0. The predicted molar refractivity (Wildman–Crippen MR) is 90.5 cm³/mol. The zero-order valence-electron chi connectivity index (χ0n) is 13.7. The summed E-state index contributed by atoms with van der Waals surface area (Å²) in [6.45, 7) is 4.81. The van der Waals surface area contributed by atoms with Crippen LogP contribution in [0.5, 0.6) is 0 Å². The third-order valence-corrected chi connectivity index (χ3v) is 4.30. The van der Waals surface area contributed by atoms with Crippen LogP contribution in [0.4, 0.5) is 5.95 Å². The third-order valence-electron chi connectivity index (χ3n) is 4.30. The Morgan fingerprint density at radius 2 is 2.04 bits per heavy atom. The van der Waals surface area contributed by atoms with Crippen LogP contribution in [0.1, 0.15) is 39.5 Å². The molecule has 0 atom stereocenters. The van der Waals surface area contributed by atoms with Crippen LogP contribution in [0.15, 0.2) is 23.1 Å². The van der Waals surface area contributed by atoms with E-state index in [1.54, 1.807) is 22.9 Å². The number of rotatable bonds is 4. The molecule has 1 aliphatic rings. The molecule has 2 aromatic heterocycles. The topological polar surface area (TPSA) is 80.0 Å². The molecule has 2 heterocycles. The second kappa shape index (κ2) is 6.66. The number of aliphatic hydroxyl groups excluding tert-OH is 1. The van der Waals surface area contributed by atoms with Crippen LogP contribution in [-0.4, -0.2) is 31.8 Å². The highest BCUT2D eigenvalue weighted by molar-refractivity contribution is 5.75. The summed E-state index contributed by atoms with van der Waals surface area (Å²) in [5.74, 6) is 0.923. The van der Waals surface area contributed by atoms with Crippen molar-refractivity contribution in [2.24, 2.45) is 5.92 Å². The van der Waals surface area contributed by atoms with E-state index >= 15 is 0 Å². The normalized spacial score (nSPS) is 21.7. The molecule has 0 radical (unpaired) electrons. The summed E-state index contributed by atoms with van der Waals surface area (Å²) in [4.78, 5) is 21.1. The molecule has 1 fully saturated rings. The first-order valence-electron chi connectivity index (χ1n) is 8.34. The predicted octanol–water partition coefficient (Wildman–Crippen LogP) is 2.16. The Morgan fingerprint density at radius 3 is 2.74 bits per heavy atom. The molecule has 23 heavy (non-hydrogen) atoms. The van der Waals surface area contributed by atoms with Gasteiger partial charge in [-0.3, -0.25) is 9.36 Å². The van der Waals surface area contributed by atoms with Gasteiger partial charge in [0.1, 0.15) is 5.65 Å². The summed E-state index contributed by atoms with van der Waals surface area (Å²) in [7, 11) is 0. The summed E-state index contributed by atoms with van der Waals surface area (Å²) in [5.41, 5.74) is 0.649. The number of aromatic nitrogens is 3. The smallest absolute Gasteiger partial charge is 0.252 e.